The van der Waals surface area contributed by atoms with Crippen LogP contribution in [0.2, 0.25) is 5.02 Å². The van der Waals surface area contributed by atoms with Crippen molar-refractivity contribution in [1.29, 1.82) is 0 Å². The molecule has 6 nitrogen and oxygen atoms in total. The Morgan fingerprint density at radius 2 is 1.67 bits per heavy atom. The van der Waals surface area contributed by atoms with Gasteiger partial charge in [-0.05, 0) is 37.1 Å². The normalized spacial score (nSPS) is 14.5. The number of likely N-dealkylation sites (tertiary alicyclic amines) is 1. The summed E-state index contributed by atoms with van der Waals surface area (Å²) in [5.41, 5.74) is 2.12. The Balaban J connectivity index is 1.55. The number of para-hydroxylation sites is 2. The number of benzene rings is 2. The van der Waals surface area contributed by atoms with Gasteiger partial charge in [-0.1, -0.05) is 48.7 Å². The summed E-state index contributed by atoms with van der Waals surface area (Å²) in [6.45, 7) is 2.05. The molecule has 0 aliphatic carbocycles. The van der Waals surface area contributed by atoms with Crippen molar-refractivity contribution in [3.63, 3.8) is 0 Å². The molecule has 0 unspecified atom stereocenters. The van der Waals surface area contributed by atoms with Gasteiger partial charge < -0.3 is 14.8 Å². The number of aromatic nitrogens is 2. The molecule has 1 N–H and O–H groups in total. The lowest BCUT2D eigenvalue weighted by atomic mass is 10.2. The van der Waals surface area contributed by atoms with Gasteiger partial charge in [0, 0.05) is 13.1 Å². The van der Waals surface area contributed by atoms with E-state index in [4.69, 9.17) is 11.6 Å². The number of carbonyl (C=O) groups excluding carboxylic acids is 2. The first-order valence-corrected chi connectivity index (χ1v) is 10.8. The van der Waals surface area contributed by atoms with Crippen molar-refractivity contribution in [1.82, 2.24) is 19.8 Å². The molecule has 2 aromatic carbocycles. The number of imidazole rings is 1. The molecule has 30 heavy (non-hydrogen) atoms. The van der Waals surface area contributed by atoms with Crippen molar-refractivity contribution in [2.24, 2.45) is 0 Å². The van der Waals surface area contributed by atoms with Crippen LogP contribution in [0.4, 0.5) is 0 Å². The standard InChI is InChI=1S/C23H25ClN4O2/c24-18-10-4-3-9-17(18)23(30)25-15-21-26-19-11-5-6-12-20(19)28(21)16-22(29)27-13-7-1-2-8-14-27/h3-6,9-12H,1-2,7-8,13-16H2,(H,25,30). The van der Waals surface area contributed by atoms with Gasteiger partial charge in [0.15, 0.2) is 0 Å². The first-order chi connectivity index (χ1) is 14.6. The summed E-state index contributed by atoms with van der Waals surface area (Å²) in [4.78, 5) is 32.2. The van der Waals surface area contributed by atoms with Crippen LogP contribution in [0.3, 0.4) is 0 Å². The molecule has 1 aromatic heterocycles. The van der Waals surface area contributed by atoms with E-state index in [9.17, 15) is 9.59 Å². The molecule has 156 valence electrons. The summed E-state index contributed by atoms with van der Waals surface area (Å²) in [5.74, 6) is 0.483. The number of halogens is 1. The van der Waals surface area contributed by atoms with E-state index in [1.165, 1.54) is 12.8 Å². The second-order valence-corrected chi connectivity index (χ2v) is 7.97. The topological polar surface area (TPSA) is 67.2 Å². The molecular weight excluding hydrogens is 400 g/mol. The predicted molar refractivity (Wildman–Crippen MR) is 117 cm³/mol. The van der Waals surface area contributed by atoms with Crippen LogP contribution in [0.25, 0.3) is 11.0 Å². The summed E-state index contributed by atoms with van der Waals surface area (Å²) < 4.78 is 1.91. The van der Waals surface area contributed by atoms with Gasteiger partial charge in [0.1, 0.15) is 12.4 Å². The Kier molecular flexibility index (Phi) is 6.33. The molecule has 1 aliphatic rings. The second kappa shape index (κ2) is 9.30. The molecule has 3 aromatic rings. The summed E-state index contributed by atoms with van der Waals surface area (Å²) in [6, 6.07) is 14.7. The lowest BCUT2D eigenvalue weighted by Crippen LogP contribution is -2.35. The fraction of sp³-hybridized carbons (Fsp3) is 0.348. The van der Waals surface area contributed by atoms with Crippen molar-refractivity contribution < 1.29 is 9.59 Å². The minimum Gasteiger partial charge on any atom is -0.345 e. The SMILES string of the molecule is O=C(NCc1nc2ccccc2n1CC(=O)N1CCCCCC1)c1ccccc1Cl. The monoisotopic (exact) mass is 424 g/mol. The van der Waals surface area contributed by atoms with E-state index in [0.717, 1.165) is 37.0 Å². The van der Waals surface area contributed by atoms with E-state index >= 15 is 0 Å². The van der Waals surface area contributed by atoms with Gasteiger partial charge in [0.05, 0.1) is 28.2 Å². The largest absolute Gasteiger partial charge is 0.345 e. The van der Waals surface area contributed by atoms with Crippen LogP contribution in [0, 0.1) is 0 Å². The minimum absolute atomic E-state index is 0.0960. The highest BCUT2D eigenvalue weighted by Crippen LogP contribution is 2.19. The second-order valence-electron chi connectivity index (χ2n) is 7.56. The van der Waals surface area contributed by atoms with Crippen LogP contribution in [0.1, 0.15) is 41.9 Å². The minimum atomic E-state index is -0.266. The van der Waals surface area contributed by atoms with Crippen LogP contribution in [0.15, 0.2) is 48.5 Å². The lowest BCUT2D eigenvalue weighted by Gasteiger charge is -2.21. The number of rotatable bonds is 5. The third kappa shape index (κ3) is 4.49. The van der Waals surface area contributed by atoms with E-state index in [0.29, 0.717) is 16.4 Å². The van der Waals surface area contributed by atoms with Crippen LogP contribution in [-0.2, 0) is 17.9 Å². The van der Waals surface area contributed by atoms with Crippen molar-refractivity contribution in [2.45, 2.75) is 38.8 Å². The molecule has 1 saturated heterocycles. The molecule has 0 bridgehead atoms. The maximum absolute atomic E-state index is 13.0. The number of hydrogen-bond acceptors (Lipinski definition) is 3. The van der Waals surface area contributed by atoms with Gasteiger partial charge in [-0.2, -0.15) is 0 Å². The zero-order valence-corrected chi connectivity index (χ0v) is 17.6. The van der Waals surface area contributed by atoms with Crippen molar-refractivity contribution in [2.75, 3.05) is 13.1 Å². The number of nitrogens with one attached hydrogen (secondary N) is 1. The lowest BCUT2D eigenvalue weighted by molar-refractivity contribution is -0.131. The Morgan fingerprint density at radius 1 is 0.967 bits per heavy atom. The van der Waals surface area contributed by atoms with Gasteiger partial charge in [-0.25, -0.2) is 4.98 Å². The fourth-order valence-electron chi connectivity index (χ4n) is 3.89. The molecule has 1 aliphatic heterocycles. The predicted octanol–water partition coefficient (Wildman–Crippen LogP) is 4.02. The number of amides is 2. The van der Waals surface area contributed by atoms with Crippen LogP contribution < -0.4 is 5.32 Å². The average molecular weight is 425 g/mol. The Hall–Kier alpha value is -2.86. The fourth-order valence-corrected chi connectivity index (χ4v) is 4.11. The van der Waals surface area contributed by atoms with E-state index in [-0.39, 0.29) is 24.9 Å². The van der Waals surface area contributed by atoms with Crippen molar-refractivity contribution in [3.05, 3.63) is 64.9 Å². The maximum Gasteiger partial charge on any atom is 0.253 e. The summed E-state index contributed by atoms with van der Waals surface area (Å²) >= 11 is 6.13. The highest BCUT2D eigenvalue weighted by molar-refractivity contribution is 6.33. The third-order valence-electron chi connectivity index (χ3n) is 5.51. The van der Waals surface area contributed by atoms with E-state index in [1.807, 2.05) is 33.7 Å². The molecular formula is C23H25ClN4O2. The summed E-state index contributed by atoms with van der Waals surface area (Å²) in [5, 5.41) is 3.29. The molecule has 2 heterocycles. The highest BCUT2D eigenvalue weighted by atomic mass is 35.5. The van der Waals surface area contributed by atoms with Crippen LogP contribution in [0.5, 0.6) is 0 Å². The van der Waals surface area contributed by atoms with Gasteiger partial charge in [-0.15, -0.1) is 0 Å². The number of hydrogen-bond donors (Lipinski definition) is 1. The number of nitrogens with zero attached hydrogens (tertiary/aromatic N) is 3. The molecule has 2 amide bonds. The first-order valence-electron chi connectivity index (χ1n) is 10.4. The highest BCUT2D eigenvalue weighted by Gasteiger charge is 2.20. The Morgan fingerprint density at radius 3 is 2.43 bits per heavy atom. The molecule has 1 fully saturated rings. The molecule has 4 rings (SSSR count). The number of carbonyl (C=O) groups is 2. The van der Waals surface area contributed by atoms with Gasteiger partial charge in [0.2, 0.25) is 5.91 Å². The zero-order valence-electron chi connectivity index (χ0n) is 16.8. The number of fused-ring (bicyclic) bond motifs is 1. The van der Waals surface area contributed by atoms with E-state index in [2.05, 4.69) is 10.3 Å². The smallest absolute Gasteiger partial charge is 0.253 e. The molecule has 0 atom stereocenters. The van der Waals surface area contributed by atoms with Crippen molar-refractivity contribution in [3.8, 4) is 0 Å². The molecule has 7 heteroatoms. The van der Waals surface area contributed by atoms with E-state index < -0.39 is 0 Å². The van der Waals surface area contributed by atoms with Gasteiger partial charge >= 0.3 is 0 Å². The van der Waals surface area contributed by atoms with Crippen LogP contribution >= 0.6 is 11.6 Å². The van der Waals surface area contributed by atoms with Crippen molar-refractivity contribution >= 4 is 34.4 Å². The Bertz CT molecular complexity index is 1050. The van der Waals surface area contributed by atoms with E-state index in [1.54, 1.807) is 24.3 Å². The summed E-state index contributed by atoms with van der Waals surface area (Å²) in [7, 11) is 0. The summed E-state index contributed by atoms with van der Waals surface area (Å²) in [6.07, 6.45) is 4.46. The Labute approximate surface area is 180 Å². The zero-order chi connectivity index (χ0) is 20.9. The third-order valence-corrected chi connectivity index (χ3v) is 5.84. The van der Waals surface area contributed by atoms with Gasteiger partial charge in [0.25, 0.3) is 5.91 Å². The quantitative estimate of drug-likeness (QED) is 0.672. The maximum atomic E-state index is 13.0. The molecule has 0 radical (unpaired) electrons. The van der Waals surface area contributed by atoms with Crippen LogP contribution in [-0.4, -0.2) is 39.4 Å². The molecule has 0 spiro atoms. The average Bonchev–Trinajstić information content (AvgIpc) is 2.92. The molecule has 0 saturated carbocycles. The van der Waals surface area contributed by atoms with Gasteiger partial charge in [-0.3, -0.25) is 9.59 Å². The first kappa shape index (κ1) is 20.4.